The Bertz CT molecular complexity index is 607. The molecule has 112 valence electrons. The Morgan fingerprint density at radius 1 is 1.62 bits per heavy atom. The molecule has 0 aromatic carbocycles. The van der Waals surface area contributed by atoms with Gasteiger partial charge in [-0.2, -0.15) is 0 Å². The van der Waals surface area contributed by atoms with Gasteiger partial charge in [0.2, 0.25) is 11.1 Å². The van der Waals surface area contributed by atoms with Gasteiger partial charge in [-0.15, -0.1) is 11.3 Å². The fourth-order valence-electron chi connectivity index (χ4n) is 2.66. The predicted molar refractivity (Wildman–Crippen MR) is 80.6 cm³/mol. The van der Waals surface area contributed by atoms with Crippen LogP contribution in [-0.4, -0.2) is 34.0 Å². The van der Waals surface area contributed by atoms with Crippen molar-refractivity contribution < 1.29 is 9.32 Å². The van der Waals surface area contributed by atoms with E-state index in [4.69, 9.17) is 16.1 Å². The monoisotopic (exact) mass is 325 g/mol. The Labute approximate surface area is 131 Å². The summed E-state index contributed by atoms with van der Waals surface area (Å²) in [5.41, 5.74) is 1.37. The summed E-state index contributed by atoms with van der Waals surface area (Å²) < 4.78 is 4.90. The number of rotatable bonds is 3. The van der Waals surface area contributed by atoms with Crippen LogP contribution in [0.2, 0.25) is 5.22 Å². The average molecular weight is 326 g/mol. The highest BCUT2D eigenvalue weighted by Gasteiger charge is 2.27. The van der Waals surface area contributed by atoms with Gasteiger partial charge in [0.25, 0.3) is 0 Å². The summed E-state index contributed by atoms with van der Waals surface area (Å²) >= 11 is 7.59. The lowest BCUT2D eigenvalue weighted by Gasteiger charge is -2.31. The zero-order valence-electron chi connectivity index (χ0n) is 11.7. The summed E-state index contributed by atoms with van der Waals surface area (Å²) in [6.07, 6.45) is 4.16. The van der Waals surface area contributed by atoms with Crippen molar-refractivity contribution >= 4 is 28.8 Å². The number of piperidine rings is 1. The highest BCUT2D eigenvalue weighted by Crippen LogP contribution is 2.29. The van der Waals surface area contributed by atoms with E-state index in [1.165, 1.54) is 0 Å². The molecule has 2 aromatic rings. The van der Waals surface area contributed by atoms with Crippen LogP contribution in [0, 0.1) is 6.92 Å². The molecule has 1 aliphatic heterocycles. The number of likely N-dealkylation sites (tertiary alicyclic amines) is 1. The van der Waals surface area contributed by atoms with Crippen molar-refractivity contribution in [3.05, 3.63) is 33.1 Å². The lowest BCUT2D eigenvalue weighted by Crippen LogP contribution is -2.40. The number of carbonyl (C=O) groups is 1. The number of carbonyl (C=O) groups excluding carboxylic acids is 1. The molecule has 0 radical (unpaired) electrons. The topological polar surface area (TPSA) is 59.2 Å². The molecule has 0 bridgehead atoms. The second kappa shape index (κ2) is 6.15. The number of hydrogen-bond donors (Lipinski definition) is 0. The van der Waals surface area contributed by atoms with Crippen molar-refractivity contribution in [3.63, 3.8) is 0 Å². The summed E-state index contributed by atoms with van der Waals surface area (Å²) in [7, 11) is 0. The fraction of sp³-hybridized carbons (Fsp3) is 0.500. The van der Waals surface area contributed by atoms with Crippen LogP contribution in [-0.2, 0) is 11.2 Å². The first-order valence-electron chi connectivity index (χ1n) is 6.93. The van der Waals surface area contributed by atoms with E-state index in [9.17, 15) is 4.79 Å². The number of aryl methyl sites for hydroxylation is 1. The van der Waals surface area contributed by atoms with Crippen molar-refractivity contribution in [1.82, 2.24) is 15.0 Å². The molecule has 1 aliphatic rings. The van der Waals surface area contributed by atoms with Crippen molar-refractivity contribution in [1.29, 1.82) is 0 Å². The van der Waals surface area contributed by atoms with Crippen LogP contribution in [0.15, 0.2) is 16.1 Å². The maximum absolute atomic E-state index is 12.5. The first kappa shape index (κ1) is 14.5. The molecule has 1 atom stereocenters. The van der Waals surface area contributed by atoms with E-state index in [-0.39, 0.29) is 17.5 Å². The molecule has 7 heteroatoms. The molecule has 0 aliphatic carbocycles. The molecule has 21 heavy (non-hydrogen) atoms. The van der Waals surface area contributed by atoms with Gasteiger partial charge < -0.3 is 9.42 Å². The molecule has 3 heterocycles. The smallest absolute Gasteiger partial charge is 0.229 e. The zero-order chi connectivity index (χ0) is 14.8. The van der Waals surface area contributed by atoms with Crippen LogP contribution in [0.1, 0.15) is 35.0 Å². The van der Waals surface area contributed by atoms with Gasteiger partial charge in [0.1, 0.15) is 0 Å². The first-order valence-corrected chi connectivity index (χ1v) is 8.18. The van der Waals surface area contributed by atoms with Gasteiger partial charge in [-0.25, -0.2) is 4.98 Å². The molecule has 0 N–H and O–H groups in total. The number of hydrogen-bond acceptors (Lipinski definition) is 5. The van der Waals surface area contributed by atoms with Gasteiger partial charge >= 0.3 is 0 Å². The van der Waals surface area contributed by atoms with E-state index in [1.54, 1.807) is 18.3 Å². The zero-order valence-corrected chi connectivity index (χ0v) is 13.3. The van der Waals surface area contributed by atoms with E-state index in [1.807, 2.05) is 16.5 Å². The third-order valence-electron chi connectivity index (χ3n) is 3.84. The average Bonchev–Trinajstić information content (AvgIpc) is 3.13. The minimum Gasteiger partial charge on any atom is -0.344 e. The van der Waals surface area contributed by atoms with Gasteiger partial charge in [0, 0.05) is 36.1 Å². The molecule has 1 unspecified atom stereocenters. The Kier molecular flexibility index (Phi) is 4.26. The van der Waals surface area contributed by atoms with Gasteiger partial charge in [0.05, 0.1) is 17.1 Å². The van der Waals surface area contributed by atoms with Crippen LogP contribution in [0.4, 0.5) is 0 Å². The number of halogens is 1. The van der Waals surface area contributed by atoms with Crippen LogP contribution in [0.5, 0.6) is 0 Å². The molecule has 1 fully saturated rings. The van der Waals surface area contributed by atoms with Crippen LogP contribution in [0.25, 0.3) is 0 Å². The van der Waals surface area contributed by atoms with Gasteiger partial charge in [0.15, 0.2) is 0 Å². The van der Waals surface area contributed by atoms with Gasteiger partial charge in [-0.1, -0.05) is 5.16 Å². The van der Waals surface area contributed by atoms with Crippen molar-refractivity contribution in [2.45, 2.75) is 32.1 Å². The predicted octanol–water partition coefficient (Wildman–Crippen LogP) is 3.04. The molecule has 1 saturated heterocycles. The van der Waals surface area contributed by atoms with E-state index < -0.39 is 0 Å². The number of nitrogens with zero attached hydrogens (tertiary/aromatic N) is 3. The first-order chi connectivity index (χ1) is 10.1. The Balaban J connectivity index is 1.67. The minimum atomic E-state index is 0.0736. The molecular formula is C14H16ClN3O2S. The molecular weight excluding hydrogens is 310 g/mol. The Morgan fingerprint density at radius 3 is 3.14 bits per heavy atom. The molecule has 2 aromatic heterocycles. The standard InChI is InChI=1S/C14H16ClN3O2S/c1-9-11(13(15)20-17-9)7-12(19)18-5-2-3-10(8-18)14-16-4-6-21-14/h4,6,10H,2-3,5,7-8H2,1H3. The molecule has 5 nitrogen and oxygen atoms in total. The van der Waals surface area contributed by atoms with Crippen LogP contribution >= 0.6 is 22.9 Å². The lowest BCUT2D eigenvalue weighted by molar-refractivity contribution is -0.131. The highest BCUT2D eigenvalue weighted by atomic mass is 35.5. The summed E-state index contributed by atoms with van der Waals surface area (Å²) in [6.45, 7) is 3.32. The summed E-state index contributed by atoms with van der Waals surface area (Å²) in [4.78, 5) is 18.7. The number of amides is 1. The van der Waals surface area contributed by atoms with Crippen LogP contribution < -0.4 is 0 Å². The Morgan fingerprint density at radius 2 is 2.48 bits per heavy atom. The summed E-state index contributed by atoms with van der Waals surface area (Å²) in [5, 5.41) is 7.10. The second-order valence-electron chi connectivity index (χ2n) is 5.25. The van der Waals surface area contributed by atoms with Crippen molar-refractivity contribution in [3.8, 4) is 0 Å². The maximum Gasteiger partial charge on any atom is 0.229 e. The lowest BCUT2D eigenvalue weighted by atomic mass is 9.98. The number of thiazole rings is 1. The molecule has 0 saturated carbocycles. The van der Waals surface area contributed by atoms with E-state index in [0.29, 0.717) is 17.2 Å². The molecule has 0 spiro atoms. The Hall–Kier alpha value is -1.40. The van der Waals surface area contributed by atoms with Crippen LogP contribution in [0.3, 0.4) is 0 Å². The SMILES string of the molecule is Cc1noc(Cl)c1CC(=O)N1CCCC(c2nccs2)C1. The highest BCUT2D eigenvalue weighted by molar-refractivity contribution is 7.09. The fourth-order valence-corrected chi connectivity index (χ4v) is 3.67. The van der Waals surface area contributed by atoms with Crippen molar-refractivity contribution in [2.24, 2.45) is 0 Å². The largest absolute Gasteiger partial charge is 0.344 e. The van der Waals surface area contributed by atoms with Gasteiger partial charge in [-0.05, 0) is 31.4 Å². The van der Waals surface area contributed by atoms with E-state index in [0.717, 1.165) is 30.9 Å². The normalized spacial score (nSPS) is 19.0. The third kappa shape index (κ3) is 3.11. The van der Waals surface area contributed by atoms with Gasteiger partial charge in [-0.3, -0.25) is 4.79 Å². The third-order valence-corrected chi connectivity index (χ3v) is 5.07. The minimum absolute atomic E-state index is 0.0736. The van der Waals surface area contributed by atoms with Crippen molar-refractivity contribution in [2.75, 3.05) is 13.1 Å². The van der Waals surface area contributed by atoms with E-state index >= 15 is 0 Å². The summed E-state index contributed by atoms with van der Waals surface area (Å²) in [5.74, 6) is 0.422. The maximum atomic E-state index is 12.5. The number of aromatic nitrogens is 2. The second-order valence-corrected chi connectivity index (χ2v) is 6.52. The van der Waals surface area contributed by atoms with E-state index in [2.05, 4.69) is 10.1 Å². The molecule has 1 amide bonds. The summed E-state index contributed by atoms with van der Waals surface area (Å²) in [6, 6.07) is 0. The molecule has 3 rings (SSSR count). The quantitative estimate of drug-likeness (QED) is 0.870.